The van der Waals surface area contributed by atoms with Crippen molar-refractivity contribution in [2.24, 2.45) is 23.5 Å². The summed E-state index contributed by atoms with van der Waals surface area (Å²) < 4.78 is 0. The second-order valence-corrected chi connectivity index (χ2v) is 8.26. The molecule has 162 valence electrons. The number of hydrogen-bond acceptors (Lipinski definition) is 5. The summed E-state index contributed by atoms with van der Waals surface area (Å²) in [7, 11) is 0. The molecule has 0 aliphatic carbocycles. The van der Waals surface area contributed by atoms with Crippen molar-refractivity contribution < 1.29 is 24.3 Å². The van der Waals surface area contributed by atoms with Crippen molar-refractivity contribution in [3.05, 3.63) is 0 Å². The molecular weight excluding hydrogens is 364 g/mol. The summed E-state index contributed by atoms with van der Waals surface area (Å²) in [6, 6.07) is -3.60. The average molecular weight is 401 g/mol. The Morgan fingerprint density at radius 3 is 1.71 bits per heavy atom. The molecule has 6 N–H and O–H groups in total. The first-order valence-electron chi connectivity index (χ1n) is 9.67. The molecule has 28 heavy (non-hydrogen) atoms. The second-order valence-electron chi connectivity index (χ2n) is 8.26. The lowest BCUT2D eigenvalue weighted by atomic mass is 9.98. The summed E-state index contributed by atoms with van der Waals surface area (Å²) in [5.74, 6) is -2.94. The number of aliphatic carboxylic acids is 1. The van der Waals surface area contributed by atoms with Crippen molar-refractivity contribution in [1.29, 1.82) is 0 Å². The van der Waals surface area contributed by atoms with Gasteiger partial charge in [0.15, 0.2) is 0 Å². The van der Waals surface area contributed by atoms with Crippen molar-refractivity contribution in [1.82, 2.24) is 16.0 Å². The van der Waals surface area contributed by atoms with Gasteiger partial charge in [0, 0.05) is 0 Å². The molecule has 0 saturated carbocycles. The number of carboxylic acid groups (broad SMARTS) is 1. The van der Waals surface area contributed by atoms with E-state index in [1.807, 2.05) is 13.8 Å². The molecule has 0 aromatic rings. The second kappa shape index (κ2) is 11.6. The SMILES string of the molecule is CC(C)CC(NC(=O)C(NC(=O)C(N)C(C)C)C(C)C)C(=O)NC(C)C(=O)O. The summed E-state index contributed by atoms with van der Waals surface area (Å²) in [5, 5.41) is 16.6. The van der Waals surface area contributed by atoms with Crippen LogP contribution in [0.4, 0.5) is 0 Å². The van der Waals surface area contributed by atoms with Crippen molar-refractivity contribution >= 4 is 23.7 Å². The Morgan fingerprint density at radius 2 is 1.32 bits per heavy atom. The highest BCUT2D eigenvalue weighted by molar-refractivity contribution is 5.94. The van der Waals surface area contributed by atoms with E-state index in [4.69, 9.17) is 10.8 Å². The largest absolute Gasteiger partial charge is 0.480 e. The van der Waals surface area contributed by atoms with Crippen LogP contribution in [-0.2, 0) is 19.2 Å². The Kier molecular flexibility index (Phi) is 10.7. The number of carbonyl (C=O) groups is 4. The standard InChI is InChI=1S/C19H36N4O5/c1-9(2)8-13(16(24)21-12(7)19(27)28)22-18(26)15(11(5)6)23-17(25)14(20)10(3)4/h9-15H,8,20H2,1-7H3,(H,21,24)(H,22,26)(H,23,25)(H,27,28). The fraction of sp³-hybridized carbons (Fsp3) is 0.789. The molecule has 0 saturated heterocycles. The number of carboxylic acids is 1. The monoisotopic (exact) mass is 400 g/mol. The first-order valence-corrected chi connectivity index (χ1v) is 9.67. The van der Waals surface area contributed by atoms with Gasteiger partial charge < -0.3 is 26.8 Å². The van der Waals surface area contributed by atoms with Gasteiger partial charge in [-0.1, -0.05) is 41.5 Å². The molecule has 0 rings (SSSR count). The van der Waals surface area contributed by atoms with Crippen LogP contribution in [0.3, 0.4) is 0 Å². The van der Waals surface area contributed by atoms with Gasteiger partial charge in [-0.3, -0.25) is 19.2 Å². The number of nitrogens with two attached hydrogens (primary N) is 1. The molecule has 3 amide bonds. The predicted molar refractivity (Wildman–Crippen MR) is 106 cm³/mol. The minimum Gasteiger partial charge on any atom is -0.480 e. The van der Waals surface area contributed by atoms with Crippen LogP contribution in [0.15, 0.2) is 0 Å². The van der Waals surface area contributed by atoms with E-state index in [9.17, 15) is 19.2 Å². The Bertz CT molecular complexity index is 563. The molecule has 0 radical (unpaired) electrons. The van der Waals surface area contributed by atoms with Crippen LogP contribution in [0.25, 0.3) is 0 Å². The molecule has 0 bridgehead atoms. The van der Waals surface area contributed by atoms with Crippen molar-refractivity contribution in [2.75, 3.05) is 0 Å². The zero-order valence-corrected chi connectivity index (χ0v) is 17.9. The molecule has 0 heterocycles. The van der Waals surface area contributed by atoms with Crippen molar-refractivity contribution in [3.8, 4) is 0 Å². The molecule has 0 spiro atoms. The molecule has 0 aliphatic rings. The molecule has 0 aliphatic heterocycles. The van der Waals surface area contributed by atoms with Crippen LogP contribution >= 0.6 is 0 Å². The third kappa shape index (κ3) is 8.69. The predicted octanol–water partition coefficient (Wildman–Crippen LogP) is 0.231. The number of rotatable bonds is 11. The van der Waals surface area contributed by atoms with Crippen molar-refractivity contribution in [3.63, 3.8) is 0 Å². The van der Waals surface area contributed by atoms with Gasteiger partial charge in [-0.2, -0.15) is 0 Å². The van der Waals surface area contributed by atoms with Gasteiger partial charge in [0.2, 0.25) is 17.7 Å². The van der Waals surface area contributed by atoms with Crippen LogP contribution in [-0.4, -0.2) is 53.0 Å². The van der Waals surface area contributed by atoms with Gasteiger partial charge in [0.05, 0.1) is 6.04 Å². The first-order chi connectivity index (χ1) is 12.8. The highest BCUT2D eigenvalue weighted by atomic mass is 16.4. The molecule has 9 heteroatoms. The third-order valence-electron chi connectivity index (χ3n) is 4.34. The average Bonchev–Trinajstić information content (AvgIpc) is 2.56. The van der Waals surface area contributed by atoms with Crippen LogP contribution in [0.2, 0.25) is 0 Å². The van der Waals surface area contributed by atoms with Gasteiger partial charge >= 0.3 is 5.97 Å². The normalized spacial score (nSPS) is 15.7. The highest BCUT2D eigenvalue weighted by Crippen LogP contribution is 2.09. The Morgan fingerprint density at radius 1 is 0.786 bits per heavy atom. The van der Waals surface area contributed by atoms with Gasteiger partial charge in [-0.15, -0.1) is 0 Å². The minimum atomic E-state index is -1.17. The molecular formula is C19H36N4O5. The van der Waals surface area contributed by atoms with E-state index in [2.05, 4.69) is 16.0 Å². The maximum Gasteiger partial charge on any atom is 0.325 e. The lowest BCUT2D eigenvalue weighted by Gasteiger charge is -2.27. The van der Waals surface area contributed by atoms with Gasteiger partial charge in [0.25, 0.3) is 0 Å². The van der Waals surface area contributed by atoms with Gasteiger partial charge in [-0.25, -0.2) is 0 Å². The summed E-state index contributed by atoms with van der Waals surface area (Å²) in [6.07, 6.45) is 0.328. The molecule has 4 atom stereocenters. The van der Waals surface area contributed by atoms with E-state index in [1.54, 1.807) is 27.7 Å². The first kappa shape index (κ1) is 25.8. The highest BCUT2D eigenvalue weighted by Gasteiger charge is 2.31. The maximum absolute atomic E-state index is 12.8. The van der Waals surface area contributed by atoms with Crippen LogP contribution < -0.4 is 21.7 Å². The number of amides is 3. The fourth-order valence-corrected chi connectivity index (χ4v) is 2.43. The van der Waals surface area contributed by atoms with E-state index in [0.717, 1.165) is 0 Å². The molecule has 0 fully saturated rings. The number of carbonyl (C=O) groups excluding carboxylic acids is 3. The Labute approximate surface area is 167 Å². The van der Waals surface area contributed by atoms with E-state index < -0.39 is 47.9 Å². The smallest absolute Gasteiger partial charge is 0.325 e. The summed E-state index contributed by atoms with van der Waals surface area (Å²) >= 11 is 0. The van der Waals surface area contributed by atoms with Crippen LogP contribution in [0, 0.1) is 17.8 Å². The lowest BCUT2D eigenvalue weighted by molar-refractivity contribution is -0.142. The maximum atomic E-state index is 12.8. The van der Waals surface area contributed by atoms with Gasteiger partial charge in [0.1, 0.15) is 18.1 Å². The molecule has 0 aromatic heterocycles. The van der Waals surface area contributed by atoms with E-state index in [-0.39, 0.29) is 17.8 Å². The van der Waals surface area contributed by atoms with E-state index in [0.29, 0.717) is 6.42 Å². The minimum absolute atomic E-state index is 0.0811. The molecule has 4 unspecified atom stereocenters. The summed E-state index contributed by atoms with van der Waals surface area (Å²) in [4.78, 5) is 48.4. The van der Waals surface area contributed by atoms with E-state index >= 15 is 0 Å². The van der Waals surface area contributed by atoms with Crippen LogP contribution in [0.1, 0.15) is 54.9 Å². The quantitative estimate of drug-likeness (QED) is 0.335. The number of hydrogen-bond donors (Lipinski definition) is 5. The zero-order chi connectivity index (χ0) is 22.2. The summed E-state index contributed by atoms with van der Waals surface area (Å²) in [5.41, 5.74) is 5.84. The van der Waals surface area contributed by atoms with Crippen molar-refractivity contribution in [2.45, 2.75) is 79.1 Å². The van der Waals surface area contributed by atoms with E-state index in [1.165, 1.54) is 6.92 Å². The summed E-state index contributed by atoms with van der Waals surface area (Å²) in [6.45, 7) is 12.3. The topological polar surface area (TPSA) is 151 Å². The molecule has 0 aromatic carbocycles. The lowest BCUT2D eigenvalue weighted by Crippen LogP contribution is -2.58. The van der Waals surface area contributed by atoms with Gasteiger partial charge in [-0.05, 0) is 31.1 Å². The molecule has 9 nitrogen and oxygen atoms in total. The number of nitrogens with one attached hydrogen (secondary N) is 3. The van der Waals surface area contributed by atoms with Crippen LogP contribution in [0.5, 0.6) is 0 Å². The Balaban J connectivity index is 5.29. The fourth-order valence-electron chi connectivity index (χ4n) is 2.43. The Hall–Kier alpha value is -2.16. The third-order valence-corrected chi connectivity index (χ3v) is 4.34. The zero-order valence-electron chi connectivity index (χ0n) is 17.9.